The van der Waals surface area contributed by atoms with Crippen LogP contribution in [0.3, 0.4) is 0 Å². The molecule has 2 unspecified atom stereocenters. The van der Waals surface area contributed by atoms with Crippen molar-refractivity contribution in [3.63, 3.8) is 0 Å². The van der Waals surface area contributed by atoms with Crippen molar-refractivity contribution in [3.8, 4) is 0 Å². The van der Waals surface area contributed by atoms with Gasteiger partial charge in [-0.2, -0.15) is 4.91 Å². The molecule has 9 heavy (non-hydrogen) atoms. The highest BCUT2D eigenvalue weighted by Gasteiger charge is 2.22. The van der Waals surface area contributed by atoms with Crippen LogP contribution in [0.5, 0.6) is 0 Å². The summed E-state index contributed by atoms with van der Waals surface area (Å²) in [5.74, 6) is 0.960. The van der Waals surface area contributed by atoms with Gasteiger partial charge in [0.05, 0.1) is 6.54 Å². The zero-order valence-corrected chi connectivity index (χ0v) is 6.15. The fourth-order valence-corrected chi connectivity index (χ4v) is 1.97. The third-order valence-electron chi connectivity index (χ3n) is 1.51. The van der Waals surface area contributed by atoms with Crippen molar-refractivity contribution in [2.75, 3.05) is 12.4 Å². The molecule has 1 rings (SSSR count). The molecule has 0 aromatic heterocycles. The van der Waals surface area contributed by atoms with Gasteiger partial charge in [-0.3, -0.25) is 0 Å². The molecular weight excluding hydrogens is 136 g/mol. The molecule has 0 aromatic carbocycles. The Kier molecular flexibility index (Phi) is 2.48. The zero-order chi connectivity index (χ0) is 6.69. The highest BCUT2D eigenvalue weighted by molar-refractivity contribution is 8.00. The summed E-state index contributed by atoms with van der Waals surface area (Å²) in [5, 5.41) is 6.48. The second-order valence-electron chi connectivity index (χ2n) is 2.15. The summed E-state index contributed by atoms with van der Waals surface area (Å²) in [4.78, 5) is 9.82. The lowest BCUT2D eigenvalue weighted by Crippen LogP contribution is -2.27. The maximum absolute atomic E-state index is 9.82. The largest absolute Gasteiger partial charge is 0.304 e. The standard InChI is InChI=1S/C5H10N2OS/c1-4-5(2-7-8)9-3-6-4/h4-6H,2-3H2,1H3. The Bertz CT molecular complexity index is 109. The Labute approximate surface area is 58.6 Å². The predicted octanol–water partition coefficient (Wildman–Crippen LogP) is 0.804. The van der Waals surface area contributed by atoms with E-state index < -0.39 is 0 Å². The molecule has 0 saturated carbocycles. The van der Waals surface area contributed by atoms with Crippen molar-refractivity contribution >= 4 is 11.8 Å². The van der Waals surface area contributed by atoms with Crippen molar-refractivity contribution < 1.29 is 0 Å². The Balaban J connectivity index is 2.30. The van der Waals surface area contributed by atoms with Crippen molar-refractivity contribution in [3.05, 3.63) is 4.91 Å². The minimum absolute atomic E-state index is 0.405. The van der Waals surface area contributed by atoms with Gasteiger partial charge in [0.1, 0.15) is 0 Å². The van der Waals surface area contributed by atoms with E-state index in [2.05, 4.69) is 17.4 Å². The molecular formula is C5H10N2OS. The van der Waals surface area contributed by atoms with Crippen LogP contribution in [-0.4, -0.2) is 23.7 Å². The summed E-state index contributed by atoms with van der Waals surface area (Å²) < 4.78 is 0. The van der Waals surface area contributed by atoms with Crippen molar-refractivity contribution in [1.82, 2.24) is 5.32 Å². The Morgan fingerprint density at radius 2 is 2.67 bits per heavy atom. The van der Waals surface area contributed by atoms with Gasteiger partial charge in [-0.1, -0.05) is 5.18 Å². The Morgan fingerprint density at radius 3 is 3.11 bits per heavy atom. The molecule has 4 heteroatoms. The van der Waals surface area contributed by atoms with Crippen LogP contribution in [-0.2, 0) is 0 Å². The van der Waals surface area contributed by atoms with Gasteiger partial charge >= 0.3 is 0 Å². The van der Waals surface area contributed by atoms with Gasteiger partial charge < -0.3 is 5.32 Å². The highest BCUT2D eigenvalue weighted by Crippen LogP contribution is 2.20. The summed E-state index contributed by atoms with van der Waals surface area (Å²) in [5.41, 5.74) is 0. The van der Waals surface area contributed by atoms with Crippen LogP contribution in [0, 0.1) is 4.91 Å². The van der Waals surface area contributed by atoms with E-state index >= 15 is 0 Å². The number of nitroso groups, excluding NO2 is 1. The SMILES string of the molecule is CC1NCSC1CN=O. The van der Waals surface area contributed by atoms with E-state index in [0.29, 0.717) is 17.8 Å². The van der Waals surface area contributed by atoms with E-state index in [1.165, 1.54) is 0 Å². The molecule has 0 aromatic rings. The van der Waals surface area contributed by atoms with Gasteiger partial charge in [-0.05, 0) is 6.92 Å². The first-order valence-corrected chi connectivity index (χ1v) is 4.03. The van der Waals surface area contributed by atoms with Gasteiger partial charge in [-0.25, -0.2) is 0 Å². The second-order valence-corrected chi connectivity index (χ2v) is 3.38. The molecule has 2 atom stereocenters. The molecule has 0 amide bonds. The van der Waals surface area contributed by atoms with Gasteiger partial charge in [0.15, 0.2) is 0 Å². The average molecular weight is 146 g/mol. The Hall–Kier alpha value is -0.0900. The Morgan fingerprint density at radius 1 is 1.89 bits per heavy atom. The number of hydrogen-bond acceptors (Lipinski definition) is 4. The summed E-state index contributed by atoms with van der Waals surface area (Å²) in [6.45, 7) is 2.52. The number of hydrogen-bond donors (Lipinski definition) is 1. The van der Waals surface area contributed by atoms with Crippen molar-refractivity contribution in [1.29, 1.82) is 0 Å². The van der Waals surface area contributed by atoms with Gasteiger partial charge in [-0.15, -0.1) is 11.8 Å². The molecule has 1 N–H and O–H groups in total. The molecule has 1 aliphatic heterocycles. The van der Waals surface area contributed by atoms with E-state index in [0.717, 1.165) is 5.88 Å². The smallest absolute Gasteiger partial charge is 0.0945 e. The predicted molar refractivity (Wildman–Crippen MR) is 39.5 cm³/mol. The summed E-state index contributed by atoms with van der Waals surface area (Å²) in [6, 6.07) is 0.452. The minimum Gasteiger partial charge on any atom is -0.304 e. The fourth-order valence-electron chi connectivity index (χ4n) is 0.847. The number of nitrogens with one attached hydrogen (secondary N) is 1. The molecule has 1 fully saturated rings. The van der Waals surface area contributed by atoms with Crippen LogP contribution in [0.15, 0.2) is 5.18 Å². The first-order chi connectivity index (χ1) is 4.34. The molecule has 0 aliphatic carbocycles. The molecule has 3 nitrogen and oxygen atoms in total. The number of nitrogens with zero attached hydrogens (tertiary/aromatic N) is 1. The molecule has 0 bridgehead atoms. The minimum atomic E-state index is 0.405. The molecule has 0 spiro atoms. The lowest BCUT2D eigenvalue weighted by atomic mass is 10.2. The van der Waals surface area contributed by atoms with Crippen LogP contribution >= 0.6 is 11.8 Å². The summed E-state index contributed by atoms with van der Waals surface area (Å²) in [7, 11) is 0. The first kappa shape index (κ1) is 7.02. The molecule has 1 aliphatic rings. The van der Waals surface area contributed by atoms with E-state index in [4.69, 9.17) is 0 Å². The van der Waals surface area contributed by atoms with Crippen molar-refractivity contribution in [2.24, 2.45) is 5.18 Å². The third kappa shape index (κ3) is 1.66. The summed E-state index contributed by atoms with van der Waals surface area (Å²) >= 11 is 1.77. The second kappa shape index (κ2) is 3.17. The first-order valence-electron chi connectivity index (χ1n) is 2.98. The zero-order valence-electron chi connectivity index (χ0n) is 5.33. The van der Waals surface area contributed by atoms with Gasteiger partial charge in [0, 0.05) is 17.2 Å². The van der Waals surface area contributed by atoms with E-state index in [9.17, 15) is 4.91 Å². The van der Waals surface area contributed by atoms with Crippen molar-refractivity contribution in [2.45, 2.75) is 18.2 Å². The molecule has 52 valence electrons. The maximum atomic E-state index is 9.82. The highest BCUT2D eigenvalue weighted by atomic mass is 32.2. The molecule has 1 saturated heterocycles. The van der Waals surface area contributed by atoms with Crippen LogP contribution in [0.4, 0.5) is 0 Å². The number of thioether (sulfide) groups is 1. The lowest BCUT2D eigenvalue weighted by Gasteiger charge is -2.07. The maximum Gasteiger partial charge on any atom is 0.0945 e. The van der Waals surface area contributed by atoms with E-state index in [1.54, 1.807) is 11.8 Å². The molecule has 1 heterocycles. The van der Waals surface area contributed by atoms with Crippen LogP contribution < -0.4 is 5.32 Å². The van der Waals surface area contributed by atoms with E-state index in [1.807, 2.05) is 0 Å². The fraction of sp³-hybridized carbons (Fsp3) is 1.00. The average Bonchev–Trinajstić information content (AvgIpc) is 2.18. The number of rotatable bonds is 2. The van der Waals surface area contributed by atoms with Gasteiger partial charge in [0.25, 0.3) is 0 Å². The lowest BCUT2D eigenvalue weighted by molar-refractivity contribution is 0.607. The van der Waals surface area contributed by atoms with Crippen LogP contribution in [0.2, 0.25) is 0 Å². The van der Waals surface area contributed by atoms with Crippen LogP contribution in [0.25, 0.3) is 0 Å². The monoisotopic (exact) mass is 146 g/mol. The third-order valence-corrected chi connectivity index (χ3v) is 2.83. The van der Waals surface area contributed by atoms with Crippen LogP contribution in [0.1, 0.15) is 6.92 Å². The van der Waals surface area contributed by atoms with Gasteiger partial charge in [0.2, 0.25) is 0 Å². The topological polar surface area (TPSA) is 41.5 Å². The summed E-state index contributed by atoms with van der Waals surface area (Å²) in [6.07, 6.45) is 0. The molecule has 0 radical (unpaired) electrons. The quantitative estimate of drug-likeness (QED) is 0.586. The normalized spacial score (nSPS) is 34.8. The van der Waals surface area contributed by atoms with E-state index in [-0.39, 0.29) is 0 Å².